The quantitative estimate of drug-likeness (QED) is 0.918. The lowest BCUT2D eigenvalue weighted by molar-refractivity contribution is 0.0988. The number of rotatable bonds is 2. The van der Waals surface area contributed by atoms with Crippen LogP contribution in [0.25, 0.3) is 0 Å². The van der Waals surface area contributed by atoms with Crippen molar-refractivity contribution in [2.24, 2.45) is 0 Å². The molecule has 0 radical (unpaired) electrons. The van der Waals surface area contributed by atoms with E-state index in [2.05, 4.69) is 25.9 Å². The van der Waals surface area contributed by atoms with E-state index in [-0.39, 0.29) is 5.91 Å². The van der Waals surface area contributed by atoms with Crippen LogP contribution in [-0.2, 0) is 0 Å². The Hall–Kier alpha value is -1.62. The van der Waals surface area contributed by atoms with Gasteiger partial charge in [-0.3, -0.25) is 9.69 Å². The molecule has 2 aromatic rings. The molecule has 1 N–H and O–H groups in total. The third-order valence-electron chi connectivity index (χ3n) is 2.18. The molecule has 5 heteroatoms. The number of H-pyrrole nitrogens is 1. The molecule has 16 heavy (non-hydrogen) atoms. The van der Waals surface area contributed by atoms with Gasteiger partial charge >= 0.3 is 0 Å². The number of halogens is 1. The minimum atomic E-state index is -0.121. The van der Waals surface area contributed by atoms with Gasteiger partial charge in [0.25, 0.3) is 5.91 Å². The second kappa shape index (κ2) is 4.49. The van der Waals surface area contributed by atoms with Crippen molar-refractivity contribution in [3.8, 4) is 0 Å². The summed E-state index contributed by atoms with van der Waals surface area (Å²) in [6, 6.07) is 7.18. The van der Waals surface area contributed by atoms with Crippen LogP contribution in [0.3, 0.4) is 0 Å². The summed E-state index contributed by atoms with van der Waals surface area (Å²) in [5, 5.41) is 0. The predicted octanol–water partition coefficient (Wildman–Crippen LogP) is 2.45. The van der Waals surface area contributed by atoms with Crippen LogP contribution in [0.2, 0.25) is 0 Å². The molecule has 0 aromatic carbocycles. The average Bonchev–Trinajstić information content (AvgIpc) is 2.75. The summed E-state index contributed by atoms with van der Waals surface area (Å²) in [5.74, 6) is 0.502. The molecule has 1 amide bonds. The molecule has 0 aliphatic carbocycles. The lowest BCUT2D eigenvalue weighted by Gasteiger charge is -2.14. The number of amides is 1. The number of aromatic amines is 1. The van der Waals surface area contributed by atoms with Gasteiger partial charge in [0.1, 0.15) is 11.5 Å². The minimum Gasteiger partial charge on any atom is -0.356 e. The molecular weight excluding hydrogens is 270 g/mol. The van der Waals surface area contributed by atoms with Crippen molar-refractivity contribution in [1.82, 2.24) is 9.97 Å². The summed E-state index contributed by atoms with van der Waals surface area (Å²) >= 11 is 3.29. The summed E-state index contributed by atoms with van der Waals surface area (Å²) in [4.78, 5) is 20.5. The molecule has 0 fully saturated rings. The second-order valence-corrected chi connectivity index (χ2v) is 4.20. The van der Waals surface area contributed by atoms with Gasteiger partial charge < -0.3 is 4.98 Å². The largest absolute Gasteiger partial charge is 0.356 e. The van der Waals surface area contributed by atoms with Gasteiger partial charge in [0, 0.05) is 23.9 Å². The van der Waals surface area contributed by atoms with Crippen LogP contribution < -0.4 is 4.90 Å². The van der Waals surface area contributed by atoms with E-state index in [0.29, 0.717) is 11.5 Å². The third-order valence-corrected chi connectivity index (χ3v) is 2.63. The maximum absolute atomic E-state index is 12.0. The molecule has 2 heterocycles. The summed E-state index contributed by atoms with van der Waals surface area (Å²) in [6.45, 7) is 0. The van der Waals surface area contributed by atoms with Crippen molar-refractivity contribution >= 4 is 27.7 Å². The highest BCUT2D eigenvalue weighted by Crippen LogP contribution is 2.15. The Morgan fingerprint density at radius 2 is 2.31 bits per heavy atom. The van der Waals surface area contributed by atoms with E-state index in [0.717, 1.165) is 4.47 Å². The van der Waals surface area contributed by atoms with Crippen molar-refractivity contribution in [2.45, 2.75) is 0 Å². The molecule has 0 atom stereocenters. The first-order chi connectivity index (χ1) is 7.68. The zero-order chi connectivity index (χ0) is 11.5. The second-order valence-electron chi connectivity index (χ2n) is 3.28. The van der Waals surface area contributed by atoms with Crippen molar-refractivity contribution < 1.29 is 4.79 Å². The topological polar surface area (TPSA) is 49.0 Å². The van der Waals surface area contributed by atoms with Crippen molar-refractivity contribution in [3.05, 3.63) is 46.8 Å². The molecule has 0 unspecified atom stereocenters. The normalized spacial score (nSPS) is 10.1. The Bertz CT molecular complexity index is 495. The van der Waals surface area contributed by atoms with Crippen LogP contribution in [0.15, 0.2) is 41.1 Å². The Kier molecular flexibility index (Phi) is 3.05. The molecule has 2 aromatic heterocycles. The van der Waals surface area contributed by atoms with Gasteiger partial charge in [-0.25, -0.2) is 4.98 Å². The molecule has 0 aliphatic rings. The van der Waals surface area contributed by atoms with Crippen LogP contribution >= 0.6 is 15.9 Å². The van der Waals surface area contributed by atoms with Crippen molar-refractivity contribution in [3.63, 3.8) is 0 Å². The number of carbonyl (C=O) groups is 1. The zero-order valence-corrected chi connectivity index (χ0v) is 10.2. The molecule has 0 bridgehead atoms. The molecular formula is C11H10BrN3O. The Balaban J connectivity index is 2.23. The van der Waals surface area contributed by atoms with Crippen LogP contribution in [0, 0.1) is 0 Å². The predicted molar refractivity (Wildman–Crippen MR) is 65.5 cm³/mol. The number of nitrogens with one attached hydrogen (secondary N) is 1. The highest BCUT2D eigenvalue weighted by Gasteiger charge is 2.15. The van der Waals surface area contributed by atoms with E-state index < -0.39 is 0 Å². The van der Waals surface area contributed by atoms with Gasteiger partial charge in [-0.1, -0.05) is 6.07 Å². The SMILES string of the molecule is CN(C(=O)c1cc(Br)c[nH]1)c1ccccn1. The van der Waals surface area contributed by atoms with Crippen LogP contribution in [0.4, 0.5) is 5.82 Å². The number of anilines is 1. The van der Waals surface area contributed by atoms with E-state index in [1.165, 1.54) is 4.90 Å². The molecule has 0 saturated heterocycles. The number of carbonyl (C=O) groups excluding carboxylic acids is 1. The fourth-order valence-corrected chi connectivity index (χ4v) is 1.67. The monoisotopic (exact) mass is 279 g/mol. The highest BCUT2D eigenvalue weighted by atomic mass is 79.9. The molecule has 0 spiro atoms. The molecule has 4 nitrogen and oxygen atoms in total. The zero-order valence-electron chi connectivity index (χ0n) is 8.64. The van der Waals surface area contributed by atoms with Crippen LogP contribution in [-0.4, -0.2) is 22.9 Å². The molecule has 82 valence electrons. The van der Waals surface area contributed by atoms with E-state index >= 15 is 0 Å². The Morgan fingerprint density at radius 3 is 2.88 bits per heavy atom. The first-order valence-electron chi connectivity index (χ1n) is 4.71. The standard InChI is InChI=1S/C11H10BrN3O/c1-15(10-4-2-3-5-13-10)11(16)9-6-8(12)7-14-9/h2-7,14H,1H3. The minimum absolute atomic E-state index is 0.121. The van der Waals surface area contributed by atoms with E-state index in [1.54, 1.807) is 31.6 Å². The molecule has 2 rings (SSSR count). The highest BCUT2D eigenvalue weighted by molar-refractivity contribution is 9.10. The van der Waals surface area contributed by atoms with E-state index in [4.69, 9.17) is 0 Å². The Morgan fingerprint density at radius 1 is 1.50 bits per heavy atom. The summed E-state index contributed by atoms with van der Waals surface area (Å²) < 4.78 is 0.852. The van der Waals surface area contributed by atoms with Gasteiger partial charge in [0.05, 0.1) is 0 Å². The first kappa shape index (κ1) is 10.9. The van der Waals surface area contributed by atoms with Gasteiger partial charge in [-0.15, -0.1) is 0 Å². The van der Waals surface area contributed by atoms with Gasteiger partial charge in [0.2, 0.25) is 0 Å². The number of aromatic nitrogens is 2. The molecule has 0 aliphatic heterocycles. The number of pyridine rings is 1. The van der Waals surface area contributed by atoms with Crippen molar-refractivity contribution in [1.29, 1.82) is 0 Å². The smallest absolute Gasteiger partial charge is 0.275 e. The van der Waals surface area contributed by atoms with Crippen molar-refractivity contribution in [2.75, 3.05) is 11.9 Å². The number of hydrogen-bond acceptors (Lipinski definition) is 2. The van der Waals surface area contributed by atoms with E-state index in [9.17, 15) is 4.79 Å². The van der Waals surface area contributed by atoms with Crippen LogP contribution in [0.5, 0.6) is 0 Å². The van der Waals surface area contributed by atoms with Gasteiger partial charge in [0.15, 0.2) is 0 Å². The van der Waals surface area contributed by atoms with Gasteiger partial charge in [-0.05, 0) is 34.1 Å². The summed E-state index contributed by atoms with van der Waals surface area (Å²) in [5.41, 5.74) is 0.528. The van der Waals surface area contributed by atoms with E-state index in [1.807, 2.05) is 12.1 Å². The maximum Gasteiger partial charge on any atom is 0.275 e. The molecule has 0 saturated carbocycles. The van der Waals surface area contributed by atoms with Crippen LogP contribution in [0.1, 0.15) is 10.5 Å². The average molecular weight is 280 g/mol. The number of nitrogens with zero attached hydrogens (tertiary/aromatic N) is 2. The third kappa shape index (κ3) is 2.14. The fourth-order valence-electron chi connectivity index (χ4n) is 1.33. The summed E-state index contributed by atoms with van der Waals surface area (Å²) in [6.07, 6.45) is 3.38. The summed E-state index contributed by atoms with van der Waals surface area (Å²) in [7, 11) is 1.69. The Labute approximate surface area is 101 Å². The fraction of sp³-hybridized carbons (Fsp3) is 0.0909. The first-order valence-corrected chi connectivity index (χ1v) is 5.51. The number of hydrogen-bond donors (Lipinski definition) is 1. The van der Waals surface area contributed by atoms with Gasteiger partial charge in [-0.2, -0.15) is 0 Å². The maximum atomic E-state index is 12.0. The lowest BCUT2D eigenvalue weighted by atomic mass is 10.3. The lowest BCUT2D eigenvalue weighted by Crippen LogP contribution is -2.27.